The van der Waals surface area contributed by atoms with Crippen LogP contribution in [0.1, 0.15) is 18.6 Å². The maximum Gasteiger partial charge on any atom is 0.0762 e. The van der Waals surface area contributed by atoms with E-state index in [-0.39, 0.29) is 0 Å². The Morgan fingerprint density at radius 2 is 2.27 bits per heavy atom. The van der Waals surface area contributed by atoms with Gasteiger partial charge in [0, 0.05) is 13.6 Å². The van der Waals surface area contributed by atoms with Crippen LogP contribution in [0, 0.1) is 0 Å². The molecule has 3 heteroatoms. The molecule has 15 heavy (non-hydrogen) atoms. The highest BCUT2D eigenvalue weighted by Gasteiger charge is 2.07. The number of anilines is 1. The second kappa shape index (κ2) is 5.19. The molecule has 0 aromatic heterocycles. The van der Waals surface area contributed by atoms with Crippen molar-refractivity contribution < 1.29 is 5.11 Å². The molecule has 1 atom stereocenters. The Kier molecular flexibility index (Phi) is 4.18. The predicted octanol–water partition coefficient (Wildman–Crippen LogP) is 3.02. The van der Waals surface area contributed by atoms with Gasteiger partial charge in [-0.15, -0.1) is 6.58 Å². The SMILES string of the molecule is C=CCN(C)c1ccc([C@@H](C)O)cc1Cl. The molecule has 0 aliphatic rings. The van der Waals surface area contributed by atoms with Gasteiger partial charge in [0.05, 0.1) is 16.8 Å². The first-order valence-electron chi connectivity index (χ1n) is 4.85. The molecule has 0 aliphatic heterocycles. The third-order valence-corrected chi connectivity index (χ3v) is 2.57. The minimum Gasteiger partial charge on any atom is -0.389 e. The molecule has 0 heterocycles. The summed E-state index contributed by atoms with van der Waals surface area (Å²) in [6.07, 6.45) is 1.33. The molecule has 2 nitrogen and oxygen atoms in total. The van der Waals surface area contributed by atoms with Crippen molar-refractivity contribution in [3.8, 4) is 0 Å². The van der Waals surface area contributed by atoms with E-state index in [0.717, 1.165) is 17.8 Å². The quantitative estimate of drug-likeness (QED) is 0.797. The van der Waals surface area contributed by atoms with Crippen molar-refractivity contribution in [2.75, 3.05) is 18.5 Å². The highest BCUT2D eigenvalue weighted by molar-refractivity contribution is 6.33. The van der Waals surface area contributed by atoms with E-state index in [4.69, 9.17) is 11.6 Å². The number of nitrogens with zero attached hydrogens (tertiary/aromatic N) is 1. The van der Waals surface area contributed by atoms with Crippen molar-refractivity contribution >= 4 is 17.3 Å². The van der Waals surface area contributed by atoms with Gasteiger partial charge in [0.1, 0.15) is 0 Å². The fraction of sp³-hybridized carbons (Fsp3) is 0.333. The lowest BCUT2D eigenvalue weighted by Gasteiger charge is -2.19. The summed E-state index contributed by atoms with van der Waals surface area (Å²) in [5.74, 6) is 0. The van der Waals surface area contributed by atoms with Crippen LogP contribution in [0.4, 0.5) is 5.69 Å². The average molecular weight is 226 g/mol. The van der Waals surface area contributed by atoms with Gasteiger partial charge >= 0.3 is 0 Å². The molecule has 1 rings (SSSR count). The van der Waals surface area contributed by atoms with Crippen molar-refractivity contribution in [1.82, 2.24) is 0 Å². The molecule has 0 spiro atoms. The van der Waals surface area contributed by atoms with E-state index >= 15 is 0 Å². The van der Waals surface area contributed by atoms with Crippen LogP contribution in [0.25, 0.3) is 0 Å². The van der Waals surface area contributed by atoms with Gasteiger partial charge in [-0.3, -0.25) is 0 Å². The first-order valence-corrected chi connectivity index (χ1v) is 5.23. The Balaban J connectivity index is 2.97. The molecule has 0 radical (unpaired) electrons. The summed E-state index contributed by atoms with van der Waals surface area (Å²) in [5.41, 5.74) is 1.77. The molecular formula is C12H16ClNO. The van der Waals surface area contributed by atoms with E-state index in [0.29, 0.717) is 5.02 Å². The maximum absolute atomic E-state index is 9.39. The zero-order chi connectivity index (χ0) is 11.4. The highest BCUT2D eigenvalue weighted by atomic mass is 35.5. The monoisotopic (exact) mass is 225 g/mol. The molecule has 0 bridgehead atoms. The summed E-state index contributed by atoms with van der Waals surface area (Å²) in [6.45, 7) is 6.14. The van der Waals surface area contributed by atoms with E-state index in [9.17, 15) is 5.11 Å². The lowest BCUT2D eigenvalue weighted by Crippen LogP contribution is -2.17. The van der Waals surface area contributed by atoms with E-state index < -0.39 is 6.10 Å². The van der Waals surface area contributed by atoms with Gasteiger partial charge < -0.3 is 10.0 Å². The van der Waals surface area contributed by atoms with Crippen LogP contribution in [0.2, 0.25) is 5.02 Å². The van der Waals surface area contributed by atoms with Crippen molar-refractivity contribution in [1.29, 1.82) is 0 Å². The molecule has 0 saturated carbocycles. The molecule has 1 aromatic carbocycles. The number of benzene rings is 1. The molecule has 0 saturated heterocycles. The number of hydrogen-bond acceptors (Lipinski definition) is 2. The van der Waals surface area contributed by atoms with Crippen LogP contribution in [0.5, 0.6) is 0 Å². The average Bonchev–Trinajstić information content (AvgIpc) is 2.17. The highest BCUT2D eigenvalue weighted by Crippen LogP contribution is 2.28. The lowest BCUT2D eigenvalue weighted by molar-refractivity contribution is 0.199. The number of rotatable bonds is 4. The van der Waals surface area contributed by atoms with Crippen molar-refractivity contribution in [2.24, 2.45) is 0 Å². The topological polar surface area (TPSA) is 23.5 Å². The minimum atomic E-state index is -0.485. The molecule has 0 fully saturated rings. The largest absolute Gasteiger partial charge is 0.389 e. The van der Waals surface area contributed by atoms with Gasteiger partial charge in [-0.1, -0.05) is 23.7 Å². The van der Waals surface area contributed by atoms with E-state index in [1.807, 2.05) is 30.2 Å². The van der Waals surface area contributed by atoms with Gasteiger partial charge in [-0.2, -0.15) is 0 Å². The molecular weight excluding hydrogens is 210 g/mol. The first-order chi connectivity index (χ1) is 7.06. The number of aliphatic hydroxyl groups is 1. The fourth-order valence-electron chi connectivity index (χ4n) is 1.38. The standard InChI is InChI=1S/C12H16ClNO/c1-4-7-14(3)12-6-5-10(9(2)15)8-11(12)13/h4-6,8-9,15H,1,7H2,2-3H3/t9-/m1/s1. The number of hydrogen-bond donors (Lipinski definition) is 1. The third kappa shape index (κ3) is 2.98. The molecule has 1 aromatic rings. The van der Waals surface area contributed by atoms with Gasteiger partial charge in [0.25, 0.3) is 0 Å². The smallest absolute Gasteiger partial charge is 0.0762 e. The number of likely N-dealkylation sites (N-methyl/N-ethyl adjacent to an activating group) is 1. The van der Waals surface area contributed by atoms with Gasteiger partial charge in [-0.05, 0) is 24.6 Å². The first kappa shape index (κ1) is 12.1. The van der Waals surface area contributed by atoms with Crippen LogP contribution >= 0.6 is 11.6 Å². The summed E-state index contributed by atoms with van der Waals surface area (Å²) >= 11 is 6.12. The summed E-state index contributed by atoms with van der Waals surface area (Å²) < 4.78 is 0. The molecule has 1 N–H and O–H groups in total. The van der Waals surface area contributed by atoms with Crippen LogP contribution in [0.3, 0.4) is 0 Å². The fourth-order valence-corrected chi connectivity index (χ4v) is 1.72. The Hall–Kier alpha value is -0.990. The van der Waals surface area contributed by atoms with E-state index in [1.54, 1.807) is 13.0 Å². The maximum atomic E-state index is 9.39. The predicted molar refractivity (Wildman–Crippen MR) is 65.6 cm³/mol. The second-order valence-electron chi connectivity index (χ2n) is 3.56. The number of halogens is 1. The van der Waals surface area contributed by atoms with E-state index in [1.165, 1.54) is 0 Å². The Bertz CT molecular complexity index is 349. The lowest BCUT2D eigenvalue weighted by atomic mass is 10.1. The van der Waals surface area contributed by atoms with Gasteiger partial charge in [-0.25, -0.2) is 0 Å². The van der Waals surface area contributed by atoms with Crippen molar-refractivity contribution in [2.45, 2.75) is 13.0 Å². The zero-order valence-corrected chi connectivity index (χ0v) is 9.83. The Morgan fingerprint density at radius 3 is 2.73 bits per heavy atom. The Labute approximate surface area is 95.8 Å². The van der Waals surface area contributed by atoms with Crippen molar-refractivity contribution in [3.05, 3.63) is 41.4 Å². The van der Waals surface area contributed by atoms with Gasteiger partial charge in [0.15, 0.2) is 0 Å². The van der Waals surface area contributed by atoms with Crippen LogP contribution in [-0.4, -0.2) is 18.7 Å². The summed E-state index contributed by atoms with van der Waals surface area (Å²) in [6, 6.07) is 5.58. The molecule has 0 amide bonds. The normalized spacial score (nSPS) is 12.3. The van der Waals surface area contributed by atoms with Crippen LogP contribution in [0.15, 0.2) is 30.9 Å². The molecule has 0 aliphatic carbocycles. The second-order valence-corrected chi connectivity index (χ2v) is 3.96. The molecule has 82 valence electrons. The molecule has 0 unspecified atom stereocenters. The van der Waals surface area contributed by atoms with Crippen LogP contribution < -0.4 is 4.90 Å². The van der Waals surface area contributed by atoms with Crippen molar-refractivity contribution in [3.63, 3.8) is 0 Å². The third-order valence-electron chi connectivity index (χ3n) is 2.27. The van der Waals surface area contributed by atoms with Crippen LogP contribution in [-0.2, 0) is 0 Å². The van der Waals surface area contributed by atoms with Gasteiger partial charge in [0.2, 0.25) is 0 Å². The number of aliphatic hydroxyl groups excluding tert-OH is 1. The summed E-state index contributed by atoms with van der Waals surface area (Å²) in [7, 11) is 1.95. The minimum absolute atomic E-state index is 0.485. The van der Waals surface area contributed by atoms with E-state index in [2.05, 4.69) is 6.58 Å². The Morgan fingerprint density at radius 1 is 1.60 bits per heavy atom. The summed E-state index contributed by atoms with van der Waals surface area (Å²) in [4.78, 5) is 2.00. The summed E-state index contributed by atoms with van der Waals surface area (Å²) in [5, 5.41) is 10.0. The zero-order valence-electron chi connectivity index (χ0n) is 9.07.